The van der Waals surface area contributed by atoms with Crippen molar-refractivity contribution in [2.24, 2.45) is 0 Å². The molecule has 2 aliphatic rings. The molecule has 1 saturated carbocycles. The van der Waals surface area contributed by atoms with Crippen molar-refractivity contribution in [2.75, 3.05) is 13.1 Å². The van der Waals surface area contributed by atoms with Gasteiger partial charge < -0.3 is 10.2 Å². The van der Waals surface area contributed by atoms with Gasteiger partial charge in [-0.3, -0.25) is 4.79 Å². The van der Waals surface area contributed by atoms with Crippen molar-refractivity contribution in [1.29, 1.82) is 0 Å². The van der Waals surface area contributed by atoms with Crippen LogP contribution in [0.5, 0.6) is 0 Å². The molecule has 0 bridgehead atoms. The van der Waals surface area contributed by atoms with Crippen LogP contribution in [0.4, 0.5) is 0 Å². The molecular weight excluding hydrogens is 295 g/mol. The van der Waals surface area contributed by atoms with Crippen LogP contribution in [0.3, 0.4) is 0 Å². The smallest absolute Gasteiger partial charge is 0.255 e. The number of carbonyl (C=O) groups excluding carboxylic acids is 1. The first-order valence-electron chi connectivity index (χ1n) is 7.15. The SMILES string of the molecule is O=C(c1cccc(Cl)c1Cl)N(CC1CCCN1)C1CC1. The van der Waals surface area contributed by atoms with E-state index >= 15 is 0 Å². The Morgan fingerprint density at radius 2 is 2.10 bits per heavy atom. The molecule has 1 atom stereocenters. The Hall–Kier alpha value is -0.770. The van der Waals surface area contributed by atoms with Crippen molar-refractivity contribution in [3.8, 4) is 0 Å². The van der Waals surface area contributed by atoms with E-state index in [1.54, 1.807) is 18.2 Å². The fourth-order valence-corrected chi connectivity index (χ4v) is 3.14. The zero-order valence-electron chi connectivity index (χ0n) is 11.2. The minimum absolute atomic E-state index is 0.00806. The van der Waals surface area contributed by atoms with Gasteiger partial charge in [-0.1, -0.05) is 29.3 Å². The highest BCUT2D eigenvalue weighted by Crippen LogP contribution is 2.32. The molecule has 20 heavy (non-hydrogen) atoms. The molecule has 0 aromatic heterocycles. The Kier molecular flexibility index (Phi) is 4.20. The third kappa shape index (κ3) is 2.95. The van der Waals surface area contributed by atoms with Gasteiger partial charge in [0.15, 0.2) is 0 Å². The number of benzene rings is 1. The summed E-state index contributed by atoms with van der Waals surface area (Å²) in [5.41, 5.74) is 0.518. The normalized spacial score (nSPS) is 22.0. The molecule has 1 aliphatic heterocycles. The molecule has 5 heteroatoms. The van der Waals surface area contributed by atoms with Crippen LogP contribution in [0, 0.1) is 0 Å². The van der Waals surface area contributed by atoms with Gasteiger partial charge in [0, 0.05) is 18.6 Å². The van der Waals surface area contributed by atoms with Crippen LogP contribution in [0.25, 0.3) is 0 Å². The Morgan fingerprint density at radius 1 is 1.30 bits per heavy atom. The summed E-state index contributed by atoms with van der Waals surface area (Å²) in [4.78, 5) is 14.7. The topological polar surface area (TPSA) is 32.3 Å². The van der Waals surface area contributed by atoms with Crippen molar-refractivity contribution in [3.63, 3.8) is 0 Å². The first kappa shape index (κ1) is 14.2. The van der Waals surface area contributed by atoms with Crippen molar-refractivity contribution in [1.82, 2.24) is 10.2 Å². The molecule has 1 unspecified atom stereocenters. The number of carbonyl (C=O) groups is 1. The summed E-state index contributed by atoms with van der Waals surface area (Å²) in [5.74, 6) is 0.00806. The maximum Gasteiger partial charge on any atom is 0.255 e. The maximum atomic E-state index is 12.7. The number of hydrogen-bond acceptors (Lipinski definition) is 2. The second-order valence-corrected chi connectivity index (χ2v) is 6.37. The first-order valence-corrected chi connectivity index (χ1v) is 7.91. The molecule has 1 amide bonds. The van der Waals surface area contributed by atoms with Crippen LogP contribution in [-0.2, 0) is 0 Å². The third-order valence-electron chi connectivity index (χ3n) is 4.01. The number of rotatable bonds is 4. The van der Waals surface area contributed by atoms with E-state index in [9.17, 15) is 4.79 Å². The summed E-state index contributed by atoms with van der Waals surface area (Å²) >= 11 is 12.2. The third-order valence-corrected chi connectivity index (χ3v) is 4.83. The molecule has 2 fully saturated rings. The minimum atomic E-state index is 0.00806. The van der Waals surface area contributed by atoms with Crippen molar-refractivity contribution in [2.45, 2.75) is 37.8 Å². The number of amides is 1. The van der Waals surface area contributed by atoms with E-state index in [4.69, 9.17) is 23.2 Å². The molecule has 108 valence electrons. The zero-order chi connectivity index (χ0) is 14.1. The highest BCUT2D eigenvalue weighted by molar-refractivity contribution is 6.43. The Morgan fingerprint density at radius 3 is 2.75 bits per heavy atom. The molecule has 1 aliphatic carbocycles. The van der Waals surface area contributed by atoms with E-state index < -0.39 is 0 Å². The van der Waals surface area contributed by atoms with Crippen molar-refractivity contribution < 1.29 is 4.79 Å². The van der Waals surface area contributed by atoms with Gasteiger partial charge in [-0.25, -0.2) is 0 Å². The van der Waals surface area contributed by atoms with E-state index in [2.05, 4.69) is 5.32 Å². The Bertz CT molecular complexity index is 511. The lowest BCUT2D eigenvalue weighted by Crippen LogP contribution is -2.42. The van der Waals surface area contributed by atoms with Gasteiger partial charge in [0.1, 0.15) is 0 Å². The summed E-state index contributed by atoms with van der Waals surface area (Å²) in [6.07, 6.45) is 4.52. The van der Waals surface area contributed by atoms with Crippen LogP contribution < -0.4 is 5.32 Å². The number of nitrogens with zero attached hydrogens (tertiary/aromatic N) is 1. The van der Waals surface area contributed by atoms with Crippen LogP contribution in [0.2, 0.25) is 10.0 Å². The van der Waals surface area contributed by atoms with E-state index in [1.165, 1.54) is 6.42 Å². The lowest BCUT2D eigenvalue weighted by Gasteiger charge is -2.26. The van der Waals surface area contributed by atoms with Crippen molar-refractivity contribution in [3.05, 3.63) is 33.8 Å². The summed E-state index contributed by atoms with van der Waals surface area (Å²) in [5, 5.41) is 4.25. The van der Waals surface area contributed by atoms with Crippen LogP contribution in [0.1, 0.15) is 36.0 Å². The predicted octanol–water partition coefficient (Wildman–Crippen LogP) is 3.35. The molecular formula is C15H18Cl2N2O. The fraction of sp³-hybridized carbons (Fsp3) is 0.533. The fourth-order valence-electron chi connectivity index (χ4n) is 2.76. The summed E-state index contributed by atoms with van der Waals surface area (Å²) in [7, 11) is 0. The summed E-state index contributed by atoms with van der Waals surface area (Å²) in [6.45, 7) is 1.82. The molecule has 1 heterocycles. The standard InChI is InChI=1S/C15H18Cl2N2O/c16-13-5-1-4-12(14(13)17)15(20)19(11-6-7-11)9-10-3-2-8-18-10/h1,4-5,10-11,18H,2-3,6-9H2. The zero-order valence-corrected chi connectivity index (χ0v) is 12.8. The minimum Gasteiger partial charge on any atom is -0.334 e. The van der Waals surface area contributed by atoms with Gasteiger partial charge in [-0.05, 0) is 44.4 Å². The van der Waals surface area contributed by atoms with Gasteiger partial charge in [0.05, 0.1) is 15.6 Å². The van der Waals surface area contributed by atoms with Crippen LogP contribution in [-0.4, -0.2) is 36.0 Å². The van der Waals surface area contributed by atoms with E-state index in [0.29, 0.717) is 27.7 Å². The monoisotopic (exact) mass is 312 g/mol. The molecule has 3 nitrogen and oxygen atoms in total. The van der Waals surface area contributed by atoms with Gasteiger partial charge in [-0.2, -0.15) is 0 Å². The Labute approximate surface area is 129 Å². The summed E-state index contributed by atoms with van der Waals surface area (Å²) < 4.78 is 0. The average Bonchev–Trinajstić information content (AvgIpc) is 3.15. The quantitative estimate of drug-likeness (QED) is 0.924. The van der Waals surface area contributed by atoms with Gasteiger partial charge in [0.25, 0.3) is 5.91 Å². The average molecular weight is 313 g/mol. The maximum absolute atomic E-state index is 12.7. The van der Waals surface area contributed by atoms with Crippen LogP contribution in [0.15, 0.2) is 18.2 Å². The number of halogens is 2. The van der Waals surface area contributed by atoms with Crippen molar-refractivity contribution >= 4 is 29.1 Å². The number of hydrogen-bond donors (Lipinski definition) is 1. The number of nitrogens with one attached hydrogen (secondary N) is 1. The molecule has 1 saturated heterocycles. The highest BCUT2D eigenvalue weighted by Gasteiger charge is 2.35. The molecule has 1 aromatic carbocycles. The highest BCUT2D eigenvalue weighted by atomic mass is 35.5. The Balaban J connectivity index is 1.79. The second-order valence-electron chi connectivity index (χ2n) is 5.58. The first-order chi connectivity index (χ1) is 9.66. The van der Waals surface area contributed by atoms with E-state index in [-0.39, 0.29) is 5.91 Å². The predicted molar refractivity (Wildman–Crippen MR) is 81.5 cm³/mol. The molecule has 1 aromatic rings. The van der Waals surface area contributed by atoms with Gasteiger partial charge in [-0.15, -0.1) is 0 Å². The summed E-state index contributed by atoms with van der Waals surface area (Å²) in [6, 6.07) is 6.03. The lowest BCUT2D eigenvalue weighted by molar-refractivity contribution is 0.0729. The molecule has 0 radical (unpaired) electrons. The second kappa shape index (κ2) is 5.92. The van der Waals surface area contributed by atoms with Gasteiger partial charge in [0.2, 0.25) is 0 Å². The largest absolute Gasteiger partial charge is 0.334 e. The van der Waals surface area contributed by atoms with Crippen LogP contribution >= 0.6 is 23.2 Å². The molecule has 0 spiro atoms. The lowest BCUT2D eigenvalue weighted by atomic mass is 10.1. The van der Waals surface area contributed by atoms with Gasteiger partial charge >= 0.3 is 0 Å². The molecule has 3 rings (SSSR count). The molecule has 1 N–H and O–H groups in total. The van der Waals surface area contributed by atoms with E-state index in [1.807, 2.05) is 4.90 Å². The van der Waals surface area contributed by atoms with E-state index in [0.717, 1.165) is 32.4 Å².